The summed E-state index contributed by atoms with van der Waals surface area (Å²) in [6.45, 7) is 1.93. The molecule has 0 saturated carbocycles. The number of urea groups is 1. The number of nitrogens with zero attached hydrogens (tertiary/aromatic N) is 3. The first kappa shape index (κ1) is 16.2. The molecule has 1 saturated heterocycles. The van der Waals surface area contributed by atoms with Crippen molar-refractivity contribution in [2.24, 2.45) is 0 Å². The van der Waals surface area contributed by atoms with Crippen LogP contribution in [-0.2, 0) is 4.79 Å². The van der Waals surface area contributed by atoms with Gasteiger partial charge in [0.1, 0.15) is 0 Å². The van der Waals surface area contributed by atoms with E-state index in [4.69, 9.17) is 0 Å². The van der Waals surface area contributed by atoms with E-state index in [2.05, 4.69) is 0 Å². The largest absolute Gasteiger partial charge is 0.337 e. The first-order chi connectivity index (χ1) is 11.5. The lowest BCUT2D eigenvalue weighted by atomic mass is 10.0. The molecule has 1 fully saturated rings. The maximum atomic E-state index is 13.3. The number of rotatable bonds is 4. The molecule has 3 amide bonds. The molecule has 0 spiro atoms. The lowest BCUT2D eigenvalue weighted by molar-refractivity contribution is -0.126. The molecule has 1 unspecified atom stereocenters. The second-order valence-corrected chi connectivity index (χ2v) is 5.99. The fourth-order valence-corrected chi connectivity index (χ4v) is 3.34. The quantitative estimate of drug-likeness (QED) is 0.811. The smallest absolute Gasteiger partial charge is 0.279 e. The molecule has 1 atom stereocenters. The lowest BCUT2D eigenvalue weighted by Crippen LogP contribution is -2.59. The molecule has 5 nitrogen and oxygen atoms in total. The second kappa shape index (κ2) is 6.09. The van der Waals surface area contributed by atoms with Gasteiger partial charge in [-0.05, 0) is 44.8 Å². The van der Waals surface area contributed by atoms with Gasteiger partial charge < -0.3 is 0 Å². The predicted molar refractivity (Wildman–Crippen MR) is 95.0 cm³/mol. The number of imide groups is 1. The Morgan fingerprint density at radius 2 is 1.38 bits per heavy atom. The third kappa shape index (κ3) is 2.20. The third-order valence-electron chi connectivity index (χ3n) is 4.56. The Hall–Kier alpha value is -2.66. The van der Waals surface area contributed by atoms with E-state index >= 15 is 0 Å². The normalized spacial score (nSPS) is 21.0. The third-order valence-corrected chi connectivity index (χ3v) is 4.56. The average molecular weight is 323 g/mol. The Bertz CT molecular complexity index is 746. The maximum Gasteiger partial charge on any atom is 0.337 e. The van der Waals surface area contributed by atoms with Crippen molar-refractivity contribution in [2.45, 2.75) is 19.0 Å². The molecular weight excluding hydrogens is 302 g/mol. The standard InChI is InChI=1S/C19H21N3O2/c1-4-19(20(2)3)17(23)21(15-11-7-5-8-12-15)18(24)22(19)16-13-9-6-10-14-16/h5-14H,4H2,1-3H3. The van der Waals surface area contributed by atoms with Crippen LogP contribution >= 0.6 is 0 Å². The molecule has 1 aliphatic heterocycles. The number of amides is 3. The Morgan fingerprint density at radius 3 is 1.83 bits per heavy atom. The predicted octanol–water partition coefficient (Wildman–Crippen LogP) is 3.33. The summed E-state index contributed by atoms with van der Waals surface area (Å²) in [7, 11) is 3.66. The summed E-state index contributed by atoms with van der Waals surface area (Å²) in [4.78, 5) is 31.2. The van der Waals surface area contributed by atoms with Crippen molar-refractivity contribution in [3.63, 3.8) is 0 Å². The van der Waals surface area contributed by atoms with E-state index in [-0.39, 0.29) is 11.9 Å². The molecule has 124 valence electrons. The SMILES string of the molecule is CCC1(N(C)C)C(=O)N(c2ccccc2)C(=O)N1c1ccccc1. The number of anilines is 2. The molecule has 0 bridgehead atoms. The van der Waals surface area contributed by atoms with Crippen LogP contribution in [0.25, 0.3) is 0 Å². The maximum absolute atomic E-state index is 13.3. The van der Waals surface area contributed by atoms with E-state index < -0.39 is 5.66 Å². The summed E-state index contributed by atoms with van der Waals surface area (Å²) in [5, 5.41) is 0. The van der Waals surface area contributed by atoms with Crippen LogP contribution < -0.4 is 9.80 Å². The van der Waals surface area contributed by atoms with Crippen LogP contribution in [0.4, 0.5) is 16.2 Å². The number of benzene rings is 2. The minimum absolute atomic E-state index is 0.227. The molecule has 0 N–H and O–H groups in total. The summed E-state index contributed by atoms with van der Waals surface area (Å²) in [5.41, 5.74) is 0.268. The van der Waals surface area contributed by atoms with Crippen molar-refractivity contribution in [1.82, 2.24) is 4.90 Å². The Balaban J connectivity index is 2.19. The van der Waals surface area contributed by atoms with Crippen molar-refractivity contribution >= 4 is 23.3 Å². The first-order valence-corrected chi connectivity index (χ1v) is 8.00. The van der Waals surface area contributed by atoms with Gasteiger partial charge in [-0.3, -0.25) is 14.6 Å². The molecule has 3 rings (SSSR count). The Kier molecular flexibility index (Phi) is 4.11. The minimum atomic E-state index is -1.03. The topological polar surface area (TPSA) is 43.9 Å². The fraction of sp³-hybridized carbons (Fsp3) is 0.263. The van der Waals surface area contributed by atoms with E-state index in [1.807, 2.05) is 74.4 Å². The van der Waals surface area contributed by atoms with Gasteiger partial charge in [0.25, 0.3) is 5.91 Å². The highest BCUT2D eigenvalue weighted by Gasteiger charge is 2.59. The number of carbonyl (C=O) groups is 2. The zero-order chi connectivity index (χ0) is 17.3. The molecule has 24 heavy (non-hydrogen) atoms. The van der Waals surface area contributed by atoms with Gasteiger partial charge in [0, 0.05) is 5.69 Å². The summed E-state index contributed by atoms with van der Waals surface area (Å²) >= 11 is 0. The summed E-state index contributed by atoms with van der Waals surface area (Å²) in [6.07, 6.45) is 0.489. The van der Waals surface area contributed by atoms with Crippen molar-refractivity contribution in [3.8, 4) is 0 Å². The highest BCUT2D eigenvalue weighted by molar-refractivity contribution is 6.30. The van der Waals surface area contributed by atoms with Gasteiger partial charge in [-0.1, -0.05) is 43.3 Å². The van der Waals surface area contributed by atoms with Crippen LogP contribution in [0.5, 0.6) is 0 Å². The molecule has 5 heteroatoms. The van der Waals surface area contributed by atoms with Gasteiger partial charge in [-0.15, -0.1) is 0 Å². The van der Waals surface area contributed by atoms with Crippen molar-refractivity contribution in [3.05, 3.63) is 60.7 Å². The molecule has 2 aromatic carbocycles. The monoisotopic (exact) mass is 323 g/mol. The van der Waals surface area contributed by atoms with Gasteiger partial charge in [0.05, 0.1) is 5.69 Å². The molecule has 0 aromatic heterocycles. The fourth-order valence-electron chi connectivity index (χ4n) is 3.34. The van der Waals surface area contributed by atoms with Crippen LogP contribution in [0.1, 0.15) is 13.3 Å². The number of hydrogen-bond donors (Lipinski definition) is 0. The molecule has 0 aliphatic carbocycles. The second-order valence-electron chi connectivity index (χ2n) is 5.99. The zero-order valence-electron chi connectivity index (χ0n) is 14.1. The van der Waals surface area contributed by atoms with Crippen LogP contribution in [0.2, 0.25) is 0 Å². The van der Waals surface area contributed by atoms with Crippen molar-refractivity contribution < 1.29 is 9.59 Å². The number of carbonyl (C=O) groups excluding carboxylic acids is 2. The Labute approximate surface area is 142 Å². The zero-order valence-corrected chi connectivity index (χ0v) is 14.1. The number of hydrogen-bond acceptors (Lipinski definition) is 3. The van der Waals surface area contributed by atoms with Crippen molar-refractivity contribution in [2.75, 3.05) is 23.9 Å². The summed E-state index contributed by atoms with van der Waals surface area (Å²) in [5.74, 6) is -0.227. The summed E-state index contributed by atoms with van der Waals surface area (Å²) in [6, 6.07) is 18.1. The van der Waals surface area contributed by atoms with Gasteiger partial charge in [0.2, 0.25) is 0 Å². The van der Waals surface area contributed by atoms with E-state index in [0.29, 0.717) is 17.8 Å². The van der Waals surface area contributed by atoms with Crippen LogP contribution in [-0.4, -0.2) is 36.6 Å². The van der Waals surface area contributed by atoms with Gasteiger partial charge in [-0.25, -0.2) is 9.69 Å². The molecule has 2 aromatic rings. The average Bonchev–Trinajstić information content (AvgIpc) is 2.84. The van der Waals surface area contributed by atoms with E-state index in [0.717, 1.165) is 0 Å². The molecule has 1 heterocycles. The van der Waals surface area contributed by atoms with Gasteiger partial charge >= 0.3 is 6.03 Å². The van der Waals surface area contributed by atoms with Crippen LogP contribution in [0.3, 0.4) is 0 Å². The van der Waals surface area contributed by atoms with Gasteiger partial charge in [0.15, 0.2) is 5.66 Å². The molecule has 1 aliphatic rings. The highest BCUT2D eigenvalue weighted by atomic mass is 16.2. The number of para-hydroxylation sites is 2. The Morgan fingerprint density at radius 1 is 0.875 bits per heavy atom. The minimum Gasteiger partial charge on any atom is -0.279 e. The van der Waals surface area contributed by atoms with Crippen LogP contribution in [0.15, 0.2) is 60.7 Å². The highest BCUT2D eigenvalue weighted by Crippen LogP contribution is 2.39. The van der Waals surface area contributed by atoms with E-state index in [9.17, 15) is 9.59 Å². The van der Waals surface area contributed by atoms with E-state index in [1.165, 1.54) is 4.90 Å². The van der Waals surface area contributed by atoms with Crippen LogP contribution in [0, 0.1) is 0 Å². The number of likely N-dealkylation sites (N-methyl/N-ethyl adjacent to an activating group) is 1. The lowest BCUT2D eigenvalue weighted by Gasteiger charge is -2.39. The summed E-state index contributed by atoms with van der Waals surface area (Å²) < 4.78 is 0. The molecular formula is C19H21N3O2. The van der Waals surface area contributed by atoms with E-state index in [1.54, 1.807) is 17.0 Å². The molecule has 0 radical (unpaired) electrons. The first-order valence-electron chi connectivity index (χ1n) is 8.00. The van der Waals surface area contributed by atoms with Gasteiger partial charge in [-0.2, -0.15) is 0 Å². The van der Waals surface area contributed by atoms with Crippen molar-refractivity contribution in [1.29, 1.82) is 0 Å².